The summed E-state index contributed by atoms with van der Waals surface area (Å²) >= 11 is 1.45. The van der Waals surface area contributed by atoms with Crippen LogP contribution in [0.5, 0.6) is 5.75 Å². The number of amides is 1. The van der Waals surface area contributed by atoms with Gasteiger partial charge < -0.3 is 14.5 Å². The number of carbonyl (C=O) groups excluding carboxylic acids is 1. The SMILES string of the molecule is CCOc1cccc(-c2nc(C)c(C(=O)N(C)CCN(CC)CC)s2)c1. The summed E-state index contributed by atoms with van der Waals surface area (Å²) in [7, 11) is 1.86. The molecule has 5 nitrogen and oxygen atoms in total. The molecule has 1 aromatic heterocycles. The van der Waals surface area contributed by atoms with Crippen LogP contribution in [0.2, 0.25) is 0 Å². The fourth-order valence-corrected chi connectivity index (χ4v) is 3.77. The lowest BCUT2D eigenvalue weighted by Crippen LogP contribution is -2.36. The largest absolute Gasteiger partial charge is 0.494 e. The van der Waals surface area contributed by atoms with Crippen molar-refractivity contribution in [3.8, 4) is 16.3 Å². The maximum absolute atomic E-state index is 12.8. The van der Waals surface area contributed by atoms with Crippen LogP contribution in [0.1, 0.15) is 36.1 Å². The molecule has 0 aliphatic heterocycles. The summed E-state index contributed by atoms with van der Waals surface area (Å²) < 4.78 is 5.56. The highest BCUT2D eigenvalue weighted by Gasteiger charge is 2.20. The second-order valence-electron chi connectivity index (χ2n) is 6.15. The minimum atomic E-state index is 0.0411. The smallest absolute Gasteiger partial charge is 0.265 e. The van der Waals surface area contributed by atoms with Gasteiger partial charge in [-0.3, -0.25) is 4.79 Å². The van der Waals surface area contributed by atoms with E-state index in [1.165, 1.54) is 11.3 Å². The minimum Gasteiger partial charge on any atom is -0.494 e. The quantitative estimate of drug-likeness (QED) is 0.666. The number of benzene rings is 1. The zero-order chi connectivity index (χ0) is 19.1. The number of aromatic nitrogens is 1. The van der Waals surface area contributed by atoms with E-state index in [0.717, 1.165) is 41.6 Å². The number of aryl methyl sites for hydroxylation is 1. The first kappa shape index (κ1) is 20.4. The Morgan fingerprint density at radius 1 is 1.19 bits per heavy atom. The molecule has 0 unspecified atom stereocenters. The van der Waals surface area contributed by atoms with E-state index in [-0.39, 0.29) is 5.91 Å². The maximum atomic E-state index is 12.8. The molecule has 0 aliphatic rings. The molecule has 6 heteroatoms. The molecular formula is C20H29N3O2S. The molecule has 0 aliphatic carbocycles. The summed E-state index contributed by atoms with van der Waals surface area (Å²) in [5.41, 5.74) is 1.76. The zero-order valence-corrected chi connectivity index (χ0v) is 17.2. The monoisotopic (exact) mass is 375 g/mol. The molecule has 1 amide bonds. The summed E-state index contributed by atoms with van der Waals surface area (Å²) in [6.45, 7) is 12.4. The van der Waals surface area contributed by atoms with Crippen LogP contribution < -0.4 is 4.74 Å². The van der Waals surface area contributed by atoms with Crippen molar-refractivity contribution in [2.75, 3.05) is 39.8 Å². The molecule has 0 spiro atoms. The van der Waals surface area contributed by atoms with Crippen LogP contribution in [0.4, 0.5) is 0 Å². The standard InChI is InChI=1S/C20H29N3O2S/c1-6-23(7-2)13-12-22(5)20(24)18-15(4)21-19(26-18)16-10-9-11-17(14-16)25-8-3/h9-11,14H,6-8,12-13H2,1-5H3. The van der Waals surface area contributed by atoms with E-state index in [0.29, 0.717) is 18.0 Å². The lowest BCUT2D eigenvalue weighted by Gasteiger charge is -2.22. The number of hydrogen-bond donors (Lipinski definition) is 0. The number of thiazole rings is 1. The molecule has 2 rings (SSSR count). The second-order valence-corrected chi connectivity index (χ2v) is 7.15. The Morgan fingerprint density at radius 2 is 1.92 bits per heavy atom. The number of ether oxygens (including phenoxy) is 1. The van der Waals surface area contributed by atoms with Gasteiger partial charge in [-0.1, -0.05) is 26.0 Å². The highest BCUT2D eigenvalue weighted by atomic mass is 32.1. The lowest BCUT2D eigenvalue weighted by molar-refractivity contribution is 0.0783. The number of hydrogen-bond acceptors (Lipinski definition) is 5. The maximum Gasteiger partial charge on any atom is 0.265 e. The third-order valence-corrected chi connectivity index (χ3v) is 5.57. The Labute approximate surface area is 160 Å². The molecule has 26 heavy (non-hydrogen) atoms. The van der Waals surface area contributed by atoms with E-state index in [4.69, 9.17) is 4.74 Å². The van der Waals surface area contributed by atoms with E-state index in [1.54, 1.807) is 4.90 Å². The third-order valence-electron chi connectivity index (χ3n) is 4.38. The summed E-state index contributed by atoms with van der Waals surface area (Å²) in [4.78, 5) is 22.3. The fourth-order valence-electron chi connectivity index (χ4n) is 2.71. The summed E-state index contributed by atoms with van der Waals surface area (Å²) in [5, 5.41) is 0.851. The van der Waals surface area contributed by atoms with Crippen molar-refractivity contribution < 1.29 is 9.53 Å². The second kappa shape index (κ2) is 9.69. The molecule has 142 valence electrons. The van der Waals surface area contributed by atoms with E-state index in [1.807, 2.05) is 45.2 Å². The van der Waals surface area contributed by atoms with Gasteiger partial charge in [0.25, 0.3) is 5.91 Å². The highest BCUT2D eigenvalue weighted by molar-refractivity contribution is 7.17. The van der Waals surface area contributed by atoms with Crippen LogP contribution in [-0.2, 0) is 0 Å². The van der Waals surface area contributed by atoms with Crippen molar-refractivity contribution >= 4 is 17.2 Å². The Bertz CT molecular complexity index is 726. The summed E-state index contributed by atoms with van der Waals surface area (Å²) in [5.74, 6) is 0.862. The molecule has 0 N–H and O–H groups in total. The van der Waals surface area contributed by atoms with Crippen molar-refractivity contribution in [3.05, 3.63) is 34.8 Å². The number of carbonyl (C=O) groups is 1. The molecule has 1 heterocycles. The summed E-state index contributed by atoms with van der Waals surface area (Å²) in [6.07, 6.45) is 0. The average molecular weight is 376 g/mol. The van der Waals surface area contributed by atoms with Crippen LogP contribution in [0.25, 0.3) is 10.6 Å². The first-order valence-corrected chi connectivity index (χ1v) is 10.00. The van der Waals surface area contributed by atoms with Gasteiger partial charge >= 0.3 is 0 Å². The van der Waals surface area contributed by atoms with E-state index in [2.05, 4.69) is 23.7 Å². The first-order valence-electron chi connectivity index (χ1n) is 9.18. The minimum absolute atomic E-state index is 0.0411. The first-order chi connectivity index (χ1) is 12.5. The Hall–Kier alpha value is -1.92. The van der Waals surface area contributed by atoms with Gasteiger partial charge in [0.15, 0.2) is 0 Å². The lowest BCUT2D eigenvalue weighted by atomic mass is 10.2. The van der Waals surface area contributed by atoms with Gasteiger partial charge in [0.1, 0.15) is 15.6 Å². The number of nitrogens with zero attached hydrogens (tertiary/aromatic N) is 3. The van der Waals surface area contributed by atoms with Crippen molar-refractivity contribution in [2.24, 2.45) is 0 Å². The van der Waals surface area contributed by atoms with Crippen LogP contribution in [0, 0.1) is 6.92 Å². The Kier molecular flexibility index (Phi) is 7.60. The Morgan fingerprint density at radius 3 is 2.58 bits per heavy atom. The molecule has 1 aromatic carbocycles. The molecule has 0 fully saturated rings. The van der Waals surface area contributed by atoms with Crippen LogP contribution in [0.3, 0.4) is 0 Å². The molecule has 0 saturated carbocycles. The van der Waals surface area contributed by atoms with Gasteiger partial charge in [0, 0.05) is 25.7 Å². The predicted octanol–water partition coefficient (Wildman–Crippen LogP) is 3.93. The van der Waals surface area contributed by atoms with Gasteiger partial charge in [-0.25, -0.2) is 4.98 Å². The zero-order valence-electron chi connectivity index (χ0n) is 16.4. The summed E-state index contributed by atoms with van der Waals surface area (Å²) in [6, 6.07) is 7.86. The van der Waals surface area contributed by atoms with Crippen molar-refractivity contribution in [1.29, 1.82) is 0 Å². The van der Waals surface area contributed by atoms with Gasteiger partial charge in [-0.05, 0) is 39.1 Å². The van der Waals surface area contributed by atoms with E-state index < -0.39 is 0 Å². The topological polar surface area (TPSA) is 45.7 Å². The van der Waals surface area contributed by atoms with E-state index in [9.17, 15) is 4.79 Å². The van der Waals surface area contributed by atoms with Gasteiger partial charge in [-0.2, -0.15) is 0 Å². The normalized spacial score (nSPS) is 11.0. The van der Waals surface area contributed by atoms with Crippen molar-refractivity contribution in [3.63, 3.8) is 0 Å². The molecule has 0 saturated heterocycles. The van der Waals surface area contributed by atoms with Crippen LogP contribution in [0.15, 0.2) is 24.3 Å². The van der Waals surface area contributed by atoms with Gasteiger partial charge in [-0.15, -0.1) is 11.3 Å². The molecule has 0 radical (unpaired) electrons. The molecule has 0 bridgehead atoms. The average Bonchev–Trinajstić information content (AvgIpc) is 3.04. The number of likely N-dealkylation sites (N-methyl/N-ethyl adjacent to an activating group) is 2. The number of rotatable bonds is 9. The van der Waals surface area contributed by atoms with Crippen LogP contribution in [-0.4, -0.2) is 60.5 Å². The molecule has 2 aromatic rings. The highest BCUT2D eigenvalue weighted by Crippen LogP contribution is 2.30. The van der Waals surface area contributed by atoms with Crippen molar-refractivity contribution in [1.82, 2.24) is 14.8 Å². The molecular weight excluding hydrogens is 346 g/mol. The van der Waals surface area contributed by atoms with Crippen LogP contribution >= 0.6 is 11.3 Å². The van der Waals surface area contributed by atoms with E-state index >= 15 is 0 Å². The molecule has 0 atom stereocenters. The predicted molar refractivity (Wildman–Crippen MR) is 108 cm³/mol. The fraction of sp³-hybridized carbons (Fsp3) is 0.500. The van der Waals surface area contributed by atoms with Gasteiger partial charge in [0.05, 0.1) is 12.3 Å². The third kappa shape index (κ3) is 5.05. The van der Waals surface area contributed by atoms with Crippen molar-refractivity contribution in [2.45, 2.75) is 27.7 Å². The Balaban J connectivity index is 2.14. The van der Waals surface area contributed by atoms with Gasteiger partial charge in [0.2, 0.25) is 0 Å².